The molecule has 0 N–H and O–H groups in total. The number of amides is 1. The van der Waals surface area contributed by atoms with Crippen molar-refractivity contribution in [3.8, 4) is 5.69 Å². The van der Waals surface area contributed by atoms with Crippen LogP contribution >= 0.6 is 11.6 Å². The number of aromatic nitrogens is 4. The molecule has 0 saturated heterocycles. The van der Waals surface area contributed by atoms with Gasteiger partial charge in [-0.05, 0) is 22.6 Å². The molecule has 2 aromatic rings. The van der Waals surface area contributed by atoms with E-state index in [2.05, 4.69) is 10.4 Å². The van der Waals surface area contributed by atoms with Gasteiger partial charge in [0.2, 0.25) is 0 Å². The number of hydrogen-bond donors (Lipinski definition) is 0. The van der Waals surface area contributed by atoms with Crippen LogP contribution in [0.2, 0.25) is 5.02 Å². The lowest BCUT2D eigenvalue weighted by atomic mass is 10.3. The van der Waals surface area contributed by atoms with E-state index in [0.29, 0.717) is 15.4 Å². The van der Waals surface area contributed by atoms with Crippen molar-refractivity contribution in [1.29, 1.82) is 0 Å². The molecule has 1 amide bonds. The fourth-order valence-electron chi connectivity index (χ4n) is 1.33. The SMILES string of the molecule is CN(C)C(=O)n1nnn(-c2ccccc2Cl)c1=O. The third kappa shape index (κ3) is 2.00. The molecule has 1 aromatic heterocycles. The first kappa shape index (κ1) is 12.3. The highest BCUT2D eigenvalue weighted by Crippen LogP contribution is 2.16. The van der Waals surface area contributed by atoms with Gasteiger partial charge in [0.1, 0.15) is 0 Å². The molecule has 0 aliphatic rings. The van der Waals surface area contributed by atoms with Crippen molar-refractivity contribution >= 4 is 17.6 Å². The van der Waals surface area contributed by atoms with Gasteiger partial charge in [-0.15, -0.1) is 4.68 Å². The van der Waals surface area contributed by atoms with Gasteiger partial charge in [-0.2, -0.15) is 4.68 Å². The topological polar surface area (TPSA) is 73.0 Å². The van der Waals surface area contributed by atoms with Crippen LogP contribution in [-0.2, 0) is 0 Å². The number of tetrazole rings is 1. The zero-order valence-electron chi connectivity index (χ0n) is 9.74. The Labute approximate surface area is 107 Å². The van der Waals surface area contributed by atoms with Crippen molar-refractivity contribution < 1.29 is 4.79 Å². The van der Waals surface area contributed by atoms with E-state index in [4.69, 9.17) is 11.6 Å². The van der Waals surface area contributed by atoms with E-state index in [0.717, 1.165) is 4.68 Å². The molecular formula is C10H10ClN5O2. The van der Waals surface area contributed by atoms with Crippen molar-refractivity contribution in [2.45, 2.75) is 0 Å². The largest absolute Gasteiger partial charge is 0.377 e. The molecule has 0 fully saturated rings. The van der Waals surface area contributed by atoms with Gasteiger partial charge in [0, 0.05) is 14.1 Å². The third-order valence-electron chi connectivity index (χ3n) is 2.23. The molecule has 1 aromatic carbocycles. The van der Waals surface area contributed by atoms with E-state index in [9.17, 15) is 9.59 Å². The lowest BCUT2D eigenvalue weighted by molar-refractivity contribution is 0.214. The molecule has 0 aliphatic heterocycles. The molecule has 2 rings (SSSR count). The summed E-state index contributed by atoms with van der Waals surface area (Å²) in [4.78, 5) is 24.8. The second-order valence-corrected chi connectivity index (χ2v) is 4.12. The standard InChI is InChI=1S/C10H10ClN5O2/c1-14(2)9(17)16-10(18)15(12-13-16)8-6-4-3-5-7(8)11/h3-6H,1-2H3. The molecule has 0 spiro atoms. The monoisotopic (exact) mass is 267 g/mol. The lowest BCUT2D eigenvalue weighted by Gasteiger charge is -2.06. The maximum Gasteiger partial charge on any atom is 0.377 e. The fraction of sp³-hybridized carbons (Fsp3) is 0.200. The van der Waals surface area contributed by atoms with Crippen molar-refractivity contribution in [1.82, 2.24) is 24.7 Å². The van der Waals surface area contributed by atoms with Gasteiger partial charge >= 0.3 is 11.7 Å². The number of hydrogen-bond acceptors (Lipinski definition) is 4. The van der Waals surface area contributed by atoms with Crippen LogP contribution in [0, 0.1) is 0 Å². The summed E-state index contributed by atoms with van der Waals surface area (Å²) in [6.45, 7) is 0. The van der Waals surface area contributed by atoms with Crippen LogP contribution in [-0.4, -0.2) is 44.8 Å². The van der Waals surface area contributed by atoms with Crippen molar-refractivity contribution in [2.24, 2.45) is 0 Å². The highest BCUT2D eigenvalue weighted by Gasteiger charge is 2.17. The highest BCUT2D eigenvalue weighted by atomic mass is 35.5. The molecule has 0 saturated carbocycles. The van der Waals surface area contributed by atoms with Crippen LogP contribution in [0.5, 0.6) is 0 Å². The minimum absolute atomic E-state index is 0.351. The first-order valence-corrected chi connectivity index (χ1v) is 5.42. The number of halogens is 1. The van der Waals surface area contributed by atoms with E-state index < -0.39 is 11.7 Å². The van der Waals surface area contributed by atoms with E-state index in [1.54, 1.807) is 24.3 Å². The maximum absolute atomic E-state index is 12.0. The van der Waals surface area contributed by atoms with E-state index in [-0.39, 0.29) is 0 Å². The van der Waals surface area contributed by atoms with Gasteiger partial charge in [0.25, 0.3) is 0 Å². The van der Waals surface area contributed by atoms with Gasteiger partial charge in [-0.3, -0.25) is 0 Å². The van der Waals surface area contributed by atoms with Crippen LogP contribution in [0.1, 0.15) is 0 Å². The Kier molecular flexibility index (Phi) is 3.15. The highest BCUT2D eigenvalue weighted by molar-refractivity contribution is 6.32. The van der Waals surface area contributed by atoms with Crippen molar-refractivity contribution in [3.05, 3.63) is 39.8 Å². The first-order chi connectivity index (χ1) is 8.52. The zero-order chi connectivity index (χ0) is 13.3. The molecule has 0 aliphatic carbocycles. The van der Waals surface area contributed by atoms with Gasteiger partial charge in [-0.25, -0.2) is 9.59 Å². The van der Waals surface area contributed by atoms with E-state index in [1.165, 1.54) is 19.0 Å². The first-order valence-electron chi connectivity index (χ1n) is 5.04. The van der Waals surface area contributed by atoms with E-state index in [1.807, 2.05) is 0 Å². The van der Waals surface area contributed by atoms with Gasteiger partial charge in [0.15, 0.2) is 0 Å². The maximum atomic E-state index is 12.0. The Morgan fingerprint density at radius 2 is 1.94 bits per heavy atom. The third-order valence-corrected chi connectivity index (χ3v) is 2.55. The molecular weight excluding hydrogens is 258 g/mol. The molecule has 8 heteroatoms. The number of nitrogens with zero attached hydrogens (tertiary/aromatic N) is 5. The predicted octanol–water partition coefficient (Wildman–Crippen LogP) is 0.612. The summed E-state index contributed by atoms with van der Waals surface area (Å²) in [5.74, 6) is 0. The molecule has 18 heavy (non-hydrogen) atoms. The van der Waals surface area contributed by atoms with Crippen LogP contribution in [0.25, 0.3) is 5.69 Å². The summed E-state index contributed by atoms with van der Waals surface area (Å²) in [5, 5.41) is 7.51. The molecule has 7 nitrogen and oxygen atoms in total. The summed E-state index contributed by atoms with van der Waals surface area (Å²) in [5.41, 5.74) is -0.288. The minimum Gasteiger partial charge on any atom is -0.329 e. The second kappa shape index (κ2) is 4.61. The zero-order valence-corrected chi connectivity index (χ0v) is 10.5. The average Bonchev–Trinajstić information content (AvgIpc) is 2.71. The molecule has 1 heterocycles. The van der Waals surface area contributed by atoms with Crippen LogP contribution in [0.4, 0.5) is 4.79 Å². The number of carbonyl (C=O) groups excluding carboxylic acids is 1. The van der Waals surface area contributed by atoms with Gasteiger partial charge in [-0.1, -0.05) is 23.7 Å². The number of para-hydroxylation sites is 1. The van der Waals surface area contributed by atoms with E-state index >= 15 is 0 Å². The van der Waals surface area contributed by atoms with Crippen molar-refractivity contribution in [2.75, 3.05) is 14.1 Å². The smallest absolute Gasteiger partial charge is 0.329 e. The molecule has 0 unspecified atom stereocenters. The number of benzene rings is 1. The molecule has 0 radical (unpaired) electrons. The molecule has 0 atom stereocenters. The Morgan fingerprint density at radius 3 is 2.56 bits per heavy atom. The van der Waals surface area contributed by atoms with Gasteiger partial charge < -0.3 is 4.90 Å². The Hall–Kier alpha value is -2.15. The Balaban J connectivity index is 2.54. The average molecular weight is 268 g/mol. The minimum atomic E-state index is -0.665. The quantitative estimate of drug-likeness (QED) is 0.710. The summed E-state index contributed by atoms with van der Waals surface area (Å²) in [7, 11) is 3.03. The summed E-state index contributed by atoms with van der Waals surface area (Å²) < 4.78 is 1.65. The predicted molar refractivity (Wildman–Crippen MR) is 65.1 cm³/mol. The van der Waals surface area contributed by atoms with Gasteiger partial charge in [0.05, 0.1) is 10.7 Å². The molecule has 94 valence electrons. The molecule has 0 bridgehead atoms. The lowest BCUT2D eigenvalue weighted by Crippen LogP contribution is -2.36. The summed E-state index contributed by atoms with van der Waals surface area (Å²) in [6, 6.07) is 6.10. The summed E-state index contributed by atoms with van der Waals surface area (Å²) >= 11 is 5.95. The normalized spacial score (nSPS) is 10.4. The Morgan fingerprint density at radius 1 is 1.28 bits per heavy atom. The number of carbonyl (C=O) groups is 1. The van der Waals surface area contributed by atoms with Crippen LogP contribution in [0.3, 0.4) is 0 Å². The Bertz CT molecular complexity index is 646. The van der Waals surface area contributed by atoms with Crippen LogP contribution < -0.4 is 5.69 Å². The summed E-state index contributed by atoms with van der Waals surface area (Å²) in [6.07, 6.45) is 0. The fourth-order valence-corrected chi connectivity index (χ4v) is 1.55. The second-order valence-electron chi connectivity index (χ2n) is 3.71. The van der Waals surface area contributed by atoms with Crippen LogP contribution in [0.15, 0.2) is 29.1 Å². The number of rotatable bonds is 1. The van der Waals surface area contributed by atoms with Crippen molar-refractivity contribution in [3.63, 3.8) is 0 Å².